The minimum absolute atomic E-state index is 0.904. The number of rotatable bonds is 2. The molecule has 2 atom stereocenters. The van der Waals surface area contributed by atoms with E-state index in [1.165, 1.54) is 37.7 Å². The molecule has 0 N–H and O–H groups in total. The molecule has 0 spiro atoms. The van der Waals surface area contributed by atoms with Crippen LogP contribution in [0.25, 0.3) is 0 Å². The highest BCUT2D eigenvalue weighted by Gasteiger charge is 2.22. The fraction of sp³-hybridized carbons (Fsp3) is 0.538. The molecule has 76 valence electrons. The minimum atomic E-state index is 0.904. The van der Waals surface area contributed by atoms with E-state index in [2.05, 4.69) is 52.9 Å². The lowest BCUT2D eigenvalue weighted by Gasteiger charge is -2.27. The van der Waals surface area contributed by atoms with Crippen LogP contribution in [0, 0.1) is 5.92 Å². The van der Waals surface area contributed by atoms with Crippen molar-refractivity contribution in [2.24, 2.45) is 5.92 Å². The molecule has 0 aliphatic heterocycles. The average Bonchev–Trinajstić information content (AvgIpc) is 2.23. The first-order chi connectivity index (χ1) is 6.86. The Morgan fingerprint density at radius 3 is 2.50 bits per heavy atom. The standard InChI is InChI=1S/C13H17I/c14-13-9-5-4-8-12(13)10-11-6-2-1-3-7-11/h1-3,6-7,12-13H,4-5,8-10H2/t12-,13+/m0/s1. The van der Waals surface area contributed by atoms with Gasteiger partial charge in [-0.2, -0.15) is 0 Å². The Morgan fingerprint density at radius 1 is 1.07 bits per heavy atom. The summed E-state index contributed by atoms with van der Waals surface area (Å²) in [4.78, 5) is 0. The molecule has 0 radical (unpaired) electrons. The van der Waals surface area contributed by atoms with Gasteiger partial charge in [-0.15, -0.1) is 0 Å². The summed E-state index contributed by atoms with van der Waals surface area (Å²) in [6.07, 6.45) is 7.03. The highest BCUT2D eigenvalue weighted by molar-refractivity contribution is 14.1. The molecule has 0 nitrogen and oxygen atoms in total. The zero-order chi connectivity index (χ0) is 9.80. The topological polar surface area (TPSA) is 0 Å². The van der Waals surface area contributed by atoms with Gasteiger partial charge in [-0.25, -0.2) is 0 Å². The smallest absolute Gasteiger partial charge is 0.0141 e. The van der Waals surface area contributed by atoms with Crippen LogP contribution in [-0.2, 0) is 6.42 Å². The molecule has 14 heavy (non-hydrogen) atoms. The van der Waals surface area contributed by atoms with E-state index in [-0.39, 0.29) is 0 Å². The van der Waals surface area contributed by atoms with Crippen molar-refractivity contribution in [1.82, 2.24) is 0 Å². The van der Waals surface area contributed by atoms with Gasteiger partial charge < -0.3 is 0 Å². The lowest BCUT2D eigenvalue weighted by Crippen LogP contribution is -2.21. The van der Waals surface area contributed by atoms with Crippen LogP contribution in [0.5, 0.6) is 0 Å². The maximum Gasteiger partial charge on any atom is 0.0141 e. The van der Waals surface area contributed by atoms with Crippen molar-refractivity contribution in [2.75, 3.05) is 0 Å². The Hall–Kier alpha value is -0.0500. The second-order valence-corrected chi connectivity index (χ2v) is 5.85. The van der Waals surface area contributed by atoms with Gasteiger partial charge in [0.15, 0.2) is 0 Å². The molecule has 1 aliphatic carbocycles. The minimum Gasteiger partial charge on any atom is -0.0823 e. The van der Waals surface area contributed by atoms with E-state index in [0.29, 0.717) is 0 Å². The molecule has 0 bridgehead atoms. The maximum atomic E-state index is 2.65. The Balaban J connectivity index is 1.96. The second kappa shape index (κ2) is 5.15. The van der Waals surface area contributed by atoms with Crippen LogP contribution in [0.1, 0.15) is 31.2 Å². The fourth-order valence-electron chi connectivity index (χ4n) is 2.31. The van der Waals surface area contributed by atoms with Crippen molar-refractivity contribution in [3.63, 3.8) is 0 Å². The largest absolute Gasteiger partial charge is 0.0823 e. The molecule has 1 aliphatic rings. The monoisotopic (exact) mass is 300 g/mol. The first kappa shape index (κ1) is 10.5. The zero-order valence-electron chi connectivity index (χ0n) is 8.45. The Labute approximate surface area is 100 Å². The molecule has 1 aromatic carbocycles. The van der Waals surface area contributed by atoms with Crippen molar-refractivity contribution >= 4 is 22.6 Å². The summed E-state index contributed by atoms with van der Waals surface area (Å²) in [5.74, 6) is 0.923. The number of alkyl halides is 1. The Morgan fingerprint density at radius 2 is 1.79 bits per heavy atom. The van der Waals surface area contributed by atoms with E-state index in [0.717, 1.165) is 9.84 Å². The van der Waals surface area contributed by atoms with Gasteiger partial charge in [0.25, 0.3) is 0 Å². The van der Waals surface area contributed by atoms with E-state index >= 15 is 0 Å². The number of hydrogen-bond donors (Lipinski definition) is 0. The highest BCUT2D eigenvalue weighted by atomic mass is 127. The number of halogens is 1. The summed E-state index contributed by atoms with van der Waals surface area (Å²) in [6.45, 7) is 0. The second-order valence-electron chi connectivity index (χ2n) is 4.25. The third-order valence-electron chi connectivity index (χ3n) is 3.16. The predicted octanol–water partition coefficient (Wildman–Crippen LogP) is 4.22. The zero-order valence-corrected chi connectivity index (χ0v) is 10.6. The summed E-state index contributed by atoms with van der Waals surface area (Å²) < 4.78 is 0.904. The maximum absolute atomic E-state index is 2.65. The quantitative estimate of drug-likeness (QED) is 0.566. The lowest BCUT2D eigenvalue weighted by atomic mass is 9.85. The van der Waals surface area contributed by atoms with Gasteiger partial charge >= 0.3 is 0 Å². The first-order valence-corrected chi connectivity index (χ1v) is 6.79. The van der Waals surface area contributed by atoms with Gasteiger partial charge in [-0.3, -0.25) is 0 Å². The van der Waals surface area contributed by atoms with Gasteiger partial charge in [0.05, 0.1) is 0 Å². The number of hydrogen-bond acceptors (Lipinski definition) is 0. The van der Waals surface area contributed by atoms with E-state index in [4.69, 9.17) is 0 Å². The molecule has 0 unspecified atom stereocenters. The summed E-state index contributed by atoms with van der Waals surface area (Å²) in [7, 11) is 0. The van der Waals surface area contributed by atoms with Crippen LogP contribution < -0.4 is 0 Å². The van der Waals surface area contributed by atoms with Crippen LogP contribution in [0.15, 0.2) is 30.3 Å². The third kappa shape index (κ3) is 2.72. The van der Waals surface area contributed by atoms with Crippen molar-refractivity contribution < 1.29 is 0 Å². The molecule has 0 heterocycles. The van der Waals surface area contributed by atoms with Crippen molar-refractivity contribution in [1.29, 1.82) is 0 Å². The first-order valence-electron chi connectivity index (χ1n) is 5.54. The summed E-state index contributed by atoms with van der Waals surface area (Å²) in [6, 6.07) is 10.9. The third-order valence-corrected chi connectivity index (χ3v) is 4.80. The molecule has 1 heteroatoms. The van der Waals surface area contributed by atoms with Gasteiger partial charge in [0, 0.05) is 3.92 Å². The fourth-order valence-corrected chi connectivity index (χ4v) is 3.36. The Bertz CT molecular complexity index is 268. The van der Waals surface area contributed by atoms with E-state index in [1.54, 1.807) is 0 Å². The number of benzene rings is 1. The normalized spacial score (nSPS) is 27.5. The molecule has 1 fully saturated rings. The Kier molecular flexibility index (Phi) is 3.85. The molecule has 0 aromatic heterocycles. The molecule has 0 amide bonds. The van der Waals surface area contributed by atoms with E-state index in [1.807, 2.05) is 0 Å². The average molecular weight is 300 g/mol. The van der Waals surface area contributed by atoms with Gasteiger partial charge in [0.2, 0.25) is 0 Å². The van der Waals surface area contributed by atoms with Crippen LogP contribution in [-0.4, -0.2) is 3.92 Å². The lowest BCUT2D eigenvalue weighted by molar-refractivity contribution is 0.379. The molecule has 2 rings (SSSR count). The van der Waals surface area contributed by atoms with Crippen LogP contribution >= 0.6 is 22.6 Å². The molecule has 1 aromatic rings. The van der Waals surface area contributed by atoms with Gasteiger partial charge in [0.1, 0.15) is 0 Å². The van der Waals surface area contributed by atoms with Crippen molar-refractivity contribution in [3.05, 3.63) is 35.9 Å². The SMILES string of the molecule is I[C@@H]1CCCC[C@H]1Cc1ccccc1. The molecular formula is C13H17I. The van der Waals surface area contributed by atoms with E-state index in [9.17, 15) is 0 Å². The van der Waals surface area contributed by atoms with Crippen LogP contribution in [0.2, 0.25) is 0 Å². The van der Waals surface area contributed by atoms with Crippen molar-refractivity contribution in [2.45, 2.75) is 36.0 Å². The summed E-state index contributed by atoms with van der Waals surface area (Å²) in [5.41, 5.74) is 1.51. The molecular weight excluding hydrogens is 283 g/mol. The van der Waals surface area contributed by atoms with E-state index < -0.39 is 0 Å². The van der Waals surface area contributed by atoms with Crippen LogP contribution in [0.4, 0.5) is 0 Å². The predicted molar refractivity (Wildman–Crippen MR) is 69.9 cm³/mol. The van der Waals surface area contributed by atoms with Crippen LogP contribution in [0.3, 0.4) is 0 Å². The molecule has 1 saturated carbocycles. The van der Waals surface area contributed by atoms with Gasteiger partial charge in [-0.1, -0.05) is 65.8 Å². The molecule has 0 saturated heterocycles. The summed E-state index contributed by atoms with van der Waals surface area (Å²) in [5, 5.41) is 0. The summed E-state index contributed by atoms with van der Waals surface area (Å²) >= 11 is 2.65. The highest BCUT2D eigenvalue weighted by Crippen LogP contribution is 2.32. The van der Waals surface area contributed by atoms with Crippen molar-refractivity contribution in [3.8, 4) is 0 Å². The van der Waals surface area contributed by atoms with Gasteiger partial charge in [-0.05, 0) is 30.7 Å².